The van der Waals surface area contributed by atoms with Crippen LogP contribution in [0.2, 0.25) is 0 Å². The van der Waals surface area contributed by atoms with E-state index in [9.17, 15) is 9.59 Å². The first-order chi connectivity index (χ1) is 8.63. The summed E-state index contributed by atoms with van der Waals surface area (Å²) in [7, 11) is 1.37. The minimum atomic E-state index is -0.221. The van der Waals surface area contributed by atoms with Gasteiger partial charge in [0, 0.05) is 12.0 Å². The molecule has 0 radical (unpaired) electrons. The van der Waals surface area contributed by atoms with E-state index < -0.39 is 0 Å². The van der Waals surface area contributed by atoms with Crippen LogP contribution < -0.4 is 5.32 Å². The van der Waals surface area contributed by atoms with Crippen molar-refractivity contribution in [2.24, 2.45) is 0 Å². The lowest BCUT2D eigenvalue weighted by Crippen LogP contribution is -2.24. The van der Waals surface area contributed by atoms with Gasteiger partial charge in [0.15, 0.2) is 5.78 Å². The fourth-order valence-corrected chi connectivity index (χ4v) is 1.50. The summed E-state index contributed by atoms with van der Waals surface area (Å²) in [6, 6.07) is 7.50. The second-order valence-electron chi connectivity index (χ2n) is 4.15. The van der Waals surface area contributed by atoms with Crippen molar-refractivity contribution in [3.8, 4) is 0 Å². The van der Waals surface area contributed by atoms with Crippen LogP contribution in [0.25, 0.3) is 0 Å². The zero-order valence-electron chi connectivity index (χ0n) is 10.9. The number of aryl methyl sites for hydroxylation is 1. The normalized spacial score (nSPS) is 10.1. The number of esters is 1. The van der Waals surface area contributed by atoms with Gasteiger partial charge in [-0.1, -0.05) is 29.8 Å². The molecule has 0 heterocycles. The lowest BCUT2D eigenvalue weighted by Gasteiger charge is -2.04. The molecule has 0 aliphatic rings. The van der Waals surface area contributed by atoms with Crippen LogP contribution in [0.15, 0.2) is 24.3 Å². The highest BCUT2D eigenvalue weighted by molar-refractivity contribution is 5.97. The monoisotopic (exact) mass is 249 g/mol. The van der Waals surface area contributed by atoms with Gasteiger partial charge in [-0.3, -0.25) is 9.59 Å². The third-order valence-corrected chi connectivity index (χ3v) is 2.62. The Hall–Kier alpha value is -1.68. The molecule has 0 unspecified atom stereocenters. The Balaban J connectivity index is 2.21. The molecule has 18 heavy (non-hydrogen) atoms. The van der Waals surface area contributed by atoms with E-state index in [4.69, 9.17) is 0 Å². The Morgan fingerprint density at radius 3 is 2.50 bits per heavy atom. The predicted octanol–water partition coefficient (Wildman–Crippen LogP) is 1.72. The average Bonchev–Trinajstić information content (AvgIpc) is 2.38. The zero-order valence-corrected chi connectivity index (χ0v) is 10.9. The van der Waals surface area contributed by atoms with Crippen molar-refractivity contribution in [1.82, 2.24) is 5.32 Å². The Morgan fingerprint density at radius 2 is 1.89 bits per heavy atom. The molecule has 1 aromatic rings. The highest BCUT2D eigenvalue weighted by Gasteiger charge is 2.05. The van der Waals surface area contributed by atoms with Gasteiger partial charge in [0.1, 0.15) is 0 Å². The second kappa shape index (κ2) is 7.61. The first kappa shape index (κ1) is 14.4. The summed E-state index contributed by atoms with van der Waals surface area (Å²) < 4.78 is 4.52. The molecule has 1 rings (SSSR count). The summed E-state index contributed by atoms with van der Waals surface area (Å²) >= 11 is 0. The molecule has 0 aliphatic heterocycles. The van der Waals surface area contributed by atoms with Crippen molar-refractivity contribution in [1.29, 1.82) is 0 Å². The minimum absolute atomic E-state index is 0.0630. The number of rotatable bonds is 7. The van der Waals surface area contributed by atoms with Crippen molar-refractivity contribution in [2.75, 3.05) is 20.2 Å². The number of ether oxygens (including phenoxy) is 1. The van der Waals surface area contributed by atoms with Gasteiger partial charge in [-0.15, -0.1) is 0 Å². The molecule has 0 saturated heterocycles. The number of benzene rings is 1. The smallest absolute Gasteiger partial charge is 0.305 e. The molecule has 0 bridgehead atoms. The molecular weight excluding hydrogens is 230 g/mol. The first-order valence-electron chi connectivity index (χ1n) is 6.01. The lowest BCUT2D eigenvalue weighted by atomic mass is 10.1. The highest BCUT2D eigenvalue weighted by Crippen LogP contribution is 2.03. The maximum Gasteiger partial charge on any atom is 0.305 e. The van der Waals surface area contributed by atoms with Gasteiger partial charge >= 0.3 is 5.97 Å². The quantitative estimate of drug-likeness (QED) is 0.454. The molecular formula is C14H19NO3. The van der Waals surface area contributed by atoms with E-state index in [1.807, 2.05) is 31.2 Å². The van der Waals surface area contributed by atoms with Gasteiger partial charge < -0.3 is 10.1 Å². The van der Waals surface area contributed by atoms with E-state index in [2.05, 4.69) is 10.1 Å². The van der Waals surface area contributed by atoms with E-state index in [-0.39, 0.29) is 11.8 Å². The van der Waals surface area contributed by atoms with Gasteiger partial charge in [0.05, 0.1) is 13.7 Å². The van der Waals surface area contributed by atoms with Crippen molar-refractivity contribution in [2.45, 2.75) is 19.8 Å². The number of carbonyl (C=O) groups excluding carboxylic acids is 2. The van der Waals surface area contributed by atoms with E-state index in [1.54, 1.807) is 0 Å². The number of hydrogen-bond acceptors (Lipinski definition) is 4. The standard InChI is InChI=1S/C14H19NO3/c1-11-5-7-12(8-6-11)13(16)10-15-9-3-4-14(17)18-2/h5-8,15H,3-4,9-10H2,1-2H3. The van der Waals surface area contributed by atoms with Crippen LogP contribution in [-0.2, 0) is 9.53 Å². The van der Waals surface area contributed by atoms with E-state index >= 15 is 0 Å². The molecule has 4 heteroatoms. The molecule has 1 N–H and O–H groups in total. The summed E-state index contributed by atoms with van der Waals surface area (Å²) in [6.07, 6.45) is 1.05. The fraction of sp³-hybridized carbons (Fsp3) is 0.429. The van der Waals surface area contributed by atoms with Gasteiger partial charge in [-0.05, 0) is 19.9 Å². The van der Waals surface area contributed by atoms with Crippen LogP contribution in [0.5, 0.6) is 0 Å². The minimum Gasteiger partial charge on any atom is -0.469 e. The van der Waals surface area contributed by atoms with Crippen LogP contribution in [0.3, 0.4) is 0 Å². The number of hydrogen-bond donors (Lipinski definition) is 1. The number of nitrogens with one attached hydrogen (secondary N) is 1. The van der Waals surface area contributed by atoms with Gasteiger partial charge in [0.2, 0.25) is 0 Å². The van der Waals surface area contributed by atoms with Crippen LogP contribution in [0.4, 0.5) is 0 Å². The predicted molar refractivity (Wildman–Crippen MR) is 69.6 cm³/mol. The van der Waals surface area contributed by atoms with Crippen molar-refractivity contribution >= 4 is 11.8 Å². The number of carbonyl (C=O) groups is 2. The van der Waals surface area contributed by atoms with Crippen LogP contribution in [0, 0.1) is 6.92 Å². The maximum absolute atomic E-state index is 11.8. The molecule has 0 aromatic heterocycles. The van der Waals surface area contributed by atoms with E-state index in [0.717, 1.165) is 5.56 Å². The molecule has 0 atom stereocenters. The van der Waals surface area contributed by atoms with Crippen molar-refractivity contribution in [3.63, 3.8) is 0 Å². The molecule has 4 nitrogen and oxygen atoms in total. The first-order valence-corrected chi connectivity index (χ1v) is 6.01. The molecule has 0 saturated carbocycles. The largest absolute Gasteiger partial charge is 0.469 e. The Bertz CT molecular complexity index is 398. The topological polar surface area (TPSA) is 55.4 Å². The number of Topliss-reactive ketones (excluding diaryl/α,β-unsaturated/α-hetero) is 1. The van der Waals surface area contributed by atoms with Crippen LogP contribution in [-0.4, -0.2) is 32.0 Å². The van der Waals surface area contributed by atoms with Gasteiger partial charge in [-0.2, -0.15) is 0 Å². The third-order valence-electron chi connectivity index (χ3n) is 2.62. The molecule has 98 valence electrons. The number of ketones is 1. The maximum atomic E-state index is 11.8. The third kappa shape index (κ3) is 5.10. The summed E-state index contributed by atoms with van der Waals surface area (Å²) in [4.78, 5) is 22.6. The van der Waals surface area contributed by atoms with Crippen molar-refractivity contribution < 1.29 is 14.3 Å². The Labute approximate surface area is 107 Å². The van der Waals surface area contributed by atoms with E-state index in [1.165, 1.54) is 7.11 Å². The second-order valence-corrected chi connectivity index (χ2v) is 4.15. The molecule has 0 fully saturated rings. The van der Waals surface area contributed by atoms with Crippen molar-refractivity contribution in [3.05, 3.63) is 35.4 Å². The highest BCUT2D eigenvalue weighted by atomic mass is 16.5. The zero-order chi connectivity index (χ0) is 13.4. The average molecular weight is 249 g/mol. The number of methoxy groups -OCH3 is 1. The van der Waals surface area contributed by atoms with Gasteiger partial charge in [-0.25, -0.2) is 0 Å². The van der Waals surface area contributed by atoms with Crippen LogP contribution >= 0.6 is 0 Å². The molecule has 0 spiro atoms. The van der Waals surface area contributed by atoms with Crippen LogP contribution in [0.1, 0.15) is 28.8 Å². The summed E-state index contributed by atoms with van der Waals surface area (Å²) in [5, 5.41) is 3.02. The summed E-state index contributed by atoms with van der Waals surface area (Å²) in [5.41, 5.74) is 1.85. The van der Waals surface area contributed by atoms with E-state index in [0.29, 0.717) is 31.5 Å². The molecule has 1 aromatic carbocycles. The SMILES string of the molecule is COC(=O)CCCNCC(=O)c1ccc(C)cc1. The lowest BCUT2D eigenvalue weighted by molar-refractivity contribution is -0.140. The fourth-order valence-electron chi connectivity index (χ4n) is 1.50. The Kier molecular flexibility index (Phi) is 6.08. The van der Waals surface area contributed by atoms with Gasteiger partial charge in [0.25, 0.3) is 0 Å². The summed E-state index contributed by atoms with van der Waals surface area (Å²) in [5.74, 6) is -0.158. The Morgan fingerprint density at radius 1 is 1.22 bits per heavy atom. The molecule has 0 aliphatic carbocycles. The summed E-state index contributed by atoms with van der Waals surface area (Å²) in [6.45, 7) is 2.91. The molecule has 0 amide bonds.